The Balaban J connectivity index is 0.00000593. The molecule has 69 heavy (non-hydrogen) atoms. The first-order valence-electron chi connectivity index (χ1n) is 22.8. The van der Waals surface area contributed by atoms with Gasteiger partial charge in [-0.3, -0.25) is 0 Å². The van der Waals surface area contributed by atoms with E-state index in [4.69, 9.17) is 24.4 Å². The van der Waals surface area contributed by atoms with Crippen LogP contribution in [0.5, 0.6) is 11.5 Å². The fourth-order valence-electron chi connectivity index (χ4n) is 8.46. The first kappa shape index (κ1) is 46.4. The van der Waals surface area contributed by atoms with Crippen molar-refractivity contribution in [1.82, 2.24) is 15.0 Å². The van der Waals surface area contributed by atoms with Crippen LogP contribution >= 0.6 is 0 Å². The molecule has 0 spiro atoms. The van der Waals surface area contributed by atoms with Gasteiger partial charge in [0.1, 0.15) is 22.7 Å². The van der Waals surface area contributed by atoms with E-state index in [1.165, 1.54) is 11.1 Å². The normalized spacial score (nSPS) is 11.4. The zero-order valence-electron chi connectivity index (χ0n) is 38.8. The second-order valence-corrected chi connectivity index (χ2v) is 17.7. The Morgan fingerprint density at radius 2 is 0.870 bits per heavy atom. The van der Waals surface area contributed by atoms with Gasteiger partial charge in [0.25, 0.3) is 0 Å². The van der Waals surface area contributed by atoms with E-state index in [2.05, 4.69) is 173 Å². The molecule has 0 N–H and O–H groups in total. The standard InChI is InChI=1S/C63H48N3O2.Ir/c1-62(2,53-32-34-59(65-42-53)48-18-10-6-11-19-48)67-55-38-52(39-56(41-55)68-63(3,4)54-33-35-60(66-43-54)49-20-12-7-13-21-49)58-23-15-14-22-57(58)47-28-30-50(31-29-47)61-40-51(36-37-64-61)46-26-24-45(25-27-46)44-16-8-5-9-17-44;/h5-18,20,22-30,32-43H,1-4H3;/q-3;+3. The van der Waals surface area contributed by atoms with E-state index in [1.807, 2.05) is 91.4 Å². The summed E-state index contributed by atoms with van der Waals surface area (Å²) in [6, 6.07) is 78.2. The summed E-state index contributed by atoms with van der Waals surface area (Å²) in [5.41, 5.74) is 14.4. The van der Waals surface area contributed by atoms with E-state index in [1.54, 1.807) is 0 Å². The number of ether oxygens (including phenoxy) is 2. The molecule has 5 nitrogen and oxygen atoms in total. The minimum absolute atomic E-state index is 0. The van der Waals surface area contributed by atoms with Crippen LogP contribution in [-0.4, -0.2) is 15.0 Å². The van der Waals surface area contributed by atoms with E-state index in [0.717, 1.165) is 78.3 Å². The molecular weight excluding hydrogens is 1020 g/mol. The Morgan fingerprint density at radius 3 is 1.38 bits per heavy atom. The molecule has 0 amide bonds. The minimum Gasteiger partial charge on any atom is -0.483 e. The van der Waals surface area contributed by atoms with Crippen LogP contribution in [0.25, 0.3) is 78.3 Å². The summed E-state index contributed by atoms with van der Waals surface area (Å²) >= 11 is 0. The molecule has 0 atom stereocenters. The number of hydrogen-bond acceptors (Lipinski definition) is 5. The van der Waals surface area contributed by atoms with Crippen LogP contribution in [0.4, 0.5) is 0 Å². The quantitative estimate of drug-likeness (QED) is 0.108. The third-order valence-electron chi connectivity index (χ3n) is 12.2. The van der Waals surface area contributed by atoms with Gasteiger partial charge >= 0.3 is 20.1 Å². The van der Waals surface area contributed by atoms with Crippen LogP contribution in [0, 0.1) is 18.2 Å². The van der Waals surface area contributed by atoms with Gasteiger partial charge in [0.15, 0.2) is 0 Å². The van der Waals surface area contributed by atoms with Crippen LogP contribution in [0.3, 0.4) is 0 Å². The molecule has 6 heteroatoms. The van der Waals surface area contributed by atoms with Crippen molar-refractivity contribution in [3.05, 3.63) is 248 Å². The van der Waals surface area contributed by atoms with Crippen molar-refractivity contribution in [3.63, 3.8) is 0 Å². The van der Waals surface area contributed by atoms with Gasteiger partial charge in [-0.25, -0.2) is 0 Å². The molecule has 0 fully saturated rings. The molecule has 0 aliphatic carbocycles. The average molecular weight is 1070 g/mol. The summed E-state index contributed by atoms with van der Waals surface area (Å²) in [5.74, 6) is 1.31. The Hall–Kier alpha value is -7.76. The summed E-state index contributed by atoms with van der Waals surface area (Å²) in [7, 11) is 0. The van der Waals surface area contributed by atoms with Gasteiger partial charge in [0, 0.05) is 35.8 Å². The molecule has 3 aromatic heterocycles. The summed E-state index contributed by atoms with van der Waals surface area (Å²) in [6.07, 6.45) is 5.64. The van der Waals surface area contributed by atoms with E-state index in [-0.39, 0.29) is 20.1 Å². The van der Waals surface area contributed by atoms with Crippen LogP contribution in [0.2, 0.25) is 0 Å². The fourth-order valence-corrected chi connectivity index (χ4v) is 8.46. The Labute approximate surface area is 418 Å². The maximum Gasteiger partial charge on any atom is 3.00 e. The first-order valence-corrected chi connectivity index (χ1v) is 22.8. The number of aromatic nitrogens is 3. The molecule has 10 rings (SSSR count). The second kappa shape index (κ2) is 20.2. The SMILES string of the molecule is CC(C)(Oc1cc(OC(C)(C)c2ccc(-c3[c-]cccc3)nc2)cc(-c2ccccc2-c2c[c-]c(-c3cc(-c4ccc(-c5ccccc5)cc4)ccn3)cc2)c1)c1ccc(-c2[c-]cccc2)nc1.[Ir+3]. The van der Waals surface area contributed by atoms with Crippen molar-refractivity contribution < 1.29 is 29.6 Å². The van der Waals surface area contributed by atoms with Crippen LogP contribution < -0.4 is 9.47 Å². The van der Waals surface area contributed by atoms with E-state index in [0.29, 0.717) is 11.5 Å². The number of pyridine rings is 3. The summed E-state index contributed by atoms with van der Waals surface area (Å²) < 4.78 is 13.9. The molecule has 0 saturated carbocycles. The zero-order chi connectivity index (χ0) is 46.5. The van der Waals surface area contributed by atoms with E-state index >= 15 is 0 Å². The molecule has 3 heterocycles. The van der Waals surface area contributed by atoms with E-state index < -0.39 is 11.2 Å². The van der Waals surface area contributed by atoms with Crippen LogP contribution in [-0.2, 0) is 31.3 Å². The van der Waals surface area contributed by atoms with Crippen molar-refractivity contribution >= 4 is 0 Å². The first-order chi connectivity index (χ1) is 33.1. The predicted octanol–water partition coefficient (Wildman–Crippen LogP) is 15.6. The summed E-state index contributed by atoms with van der Waals surface area (Å²) in [5, 5.41) is 0. The molecule has 7 aromatic carbocycles. The molecule has 0 unspecified atom stereocenters. The predicted molar refractivity (Wildman–Crippen MR) is 275 cm³/mol. The number of nitrogens with zero attached hydrogens (tertiary/aromatic N) is 3. The third-order valence-corrected chi connectivity index (χ3v) is 12.2. The second-order valence-electron chi connectivity index (χ2n) is 17.7. The van der Waals surface area contributed by atoms with Crippen molar-refractivity contribution in [2.45, 2.75) is 38.9 Å². The molecule has 0 saturated heterocycles. The maximum atomic E-state index is 6.94. The molecule has 0 radical (unpaired) electrons. The van der Waals surface area contributed by atoms with Gasteiger partial charge in [-0.2, -0.15) is 0 Å². The molecule has 0 aliphatic rings. The van der Waals surface area contributed by atoms with Crippen molar-refractivity contribution in [2.24, 2.45) is 0 Å². The van der Waals surface area contributed by atoms with E-state index in [9.17, 15) is 0 Å². The minimum atomic E-state index is -0.743. The van der Waals surface area contributed by atoms with Gasteiger partial charge < -0.3 is 24.4 Å². The molecular formula is C63H48IrN3O2. The van der Waals surface area contributed by atoms with Gasteiger partial charge in [-0.15, -0.1) is 102 Å². The Kier molecular flexibility index (Phi) is 13.6. The topological polar surface area (TPSA) is 57.1 Å². The molecule has 336 valence electrons. The van der Waals surface area contributed by atoms with Crippen molar-refractivity contribution in [1.29, 1.82) is 0 Å². The molecule has 0 bridgehead atoms. The van der Waals surface area contributed by atoms with Gasteiger partial charge in [0.2, 0.25) is 0 Å². The number of hydrogen-bond donors (Lipinski definition) is 0. The van der Waals surface area contributed by atoms with Crippen LogP contribution in [0.15, 0.2) is 219 Å². The number of rotatable bonds is 13. The van der Waals surface area contributed by atoms with Gasteiger partial charge in [-0.05, 0) is 96.4 Å². The third kappa shape index (κ3) is 10.5. The molecule has 10 aromatic rings. The summed E-state index contributed by atoms with van der Waals surface area (Å²) in [4.78, 5) is 14.4. The van der Waals surface area contributed by atoms with Crippen LogP contribution in [0.1, 0.15) is 38.8 Å². The number of benzene rings is 7. The maximum absolute atomic E-state index is 6.94. The van der Waals surface area contributed by atoms with Gasteiger partial charge in [0.05, 0.1) is 0 Å². The largest absolute Gasteiger partial charge is 3.00 e. The fraction of sp³-hybridized carbons (Fsp3) is 0.0952. The zero-order valence-corrected chi connectivity index (χ0v) is 41.2. The smallest absolute Gasteiger partial charge is 0.483 e. The Bertz CT molecular complexity index is 3170. The van der Waals surface area contributed by atoms with Gasteiger partial charge in [-0.1, -0.05) is 120 Å². The summed E-state index contributed by atoms with van der Waals surface area (Å²) in [6.45, 7) is 8.24. The monoisotopic (exact) mass is 1070 g/mol. The molecule has 0 aliphatic heterocycles. The Morgan fingerprint density at radius 1 is 0.377 bits per heavy atom. The van der Waals surface area contributed by atoms with Crippen molar-refractivity contribution in [3.8, 4) is 89.8 Å². The van der Waals surface area contributed by atoms with Crippen molar-refractivity contribution in [2.75, 3.05) is 0 Å². The average Bonchev–Trinajstić information content (AvgIpc) is 3.39.